The van der Waals surface area contributed by atoms with Gasteiger partial charge in [-0.3, -0.25) is 0 Å². The predicted octanol–water partition coefficient (Wildman–Crippen LogP) is 4.78. The Morgan fingerprint density at radius 3 is 2.33 bits per heavy atom. The molecule has 3 rings (SSSR count). The lowest BCUT2D eigenvalue weighted by Gasteiger charge is -2.13. The quantitative estimate of drug-likeness (QED) is 0.728. The molecule has 0 aliphatic rings. The van der Waals surface area contributed by atoms with Gasteiger partial charge < -0.3 is 5.73 Å². The second-order valence-corrected chi connectivity index (χ2v) is 5.74. The Bertz CT molecular complexity index is 728. The molecule has 0 amide bonds. The van der Waals surface area contributed by atoms with Crippen molar-refractivity contribution < 1.29 is 0 Å². The minimum Gasteiger partial charge on any atom is -0.324 e. The van der Waals surface area contributed by atoms with Crippen molar-refractivity contribution in [3.63, 3.8) is 0 Å². The van der Waals surface area contributed by atoms with Crippen LogP contribution in [0.25, 0.3) is 10.8 Å². The molecule has 0 saturated carbocycles. The van der Waals surface area contributed by atoms with Crippen LogP contribution in [0.1, 0.15) is 29.2 Å². The minimum atomic E-state index is 0.0934. The second kappa shape index (κ2) is 6.11. The van der Waals surface area contributed by atoms with Crippen LogP contribution in [-0.4, -0.2) is 0 Å². The van der Waals surface area contributed by atoms with Crippen molar-refractivity contribution in [3.8, 4) is 0 Å². The maximum absolute atomic E-state index is 6.36. The van der Waals surface area contributed by atoms with E-state index in [1.807, 2.05) is 0 Å². The molecule has 1 heteroatoms. The number of hydrogen-bond donors (Lipinski definition) is 1. The summed E-state index contributed by atoms with van der Waals surface area (Å²) >= 11 is 0. The van der Waals surface area contributed by atoms with Crippen molar-refractivity contribution in [2.24, 2.45) is 5.73 Å². The fourth-order valence-corrected chi connectivity index (χ4v) is 2.68. The van der Waals surface area contributed by atoms with Crippen molar-refractivity contribution >= 4 is 10.8 Å². The van der Waals surface area contributed by atoms with Crippen LogP contribution < -0.4 is 5.73 Å². The fraction of sp³-hybridized carbons (Fsp3) is 0.200. The van der Waals surface area contributed by atoms with Gasteiger partial charge in [-0.15, -0.1) is 0 Å². The Morgan fingerprint density at radius 1 is 0.857 bits per heavy atom. The van der Waals surface area contributed by atoms with Gasteiger partial charge in [-0.25, -0.2) is 0 Å². The highest BCUT2D eigenvalue weighted by Gasteiger charge is 2.07. The van der Waals surface area contributed by atoms with E-state index in [0.29, 0.717) is 0 Å². The summed E-state index contributed by atoms with van der Waals surface area (Å²) in [6, 6.07) is 23.8. The maximum atomic E-state index is 6.36. The first-order chi connectivity index (χ1) is 10.2. The van der Waals surface area contributed by atoms with Crippen LogP contribution in [0.2, 0.25) is 0 Å². The molecule has 0 aliphatic heterocycles. The van der Waals surface area contributed by atoms with Gasteiger partial charge >= 0.3 is 0 Å². The van der Waals surface area contributed by atoms with Gasteiger partial charge in [0.1, 0.15) is 0 Å². The molecule has 0 heterocycles. The molecule has 1 atom stereocenters. The van der Waals surface area contributed by atoms with Crippen molar-refractivity contribution in [1.82, 2.24) is 0 Å². The topological polar surface area (TPSA) is 26.0 Å². The van der Waals surface area contributed by atoms with Gasteiger partial charge in [-0.05, 0) is 47.7 Å². The molecule has 0 radical (unpaired) electrons. The Morgan fingerprint density at radius 2 is 1.57 bits per heavy atom. The van der Waals surface area contributed by atoms with Crippen molar-refractivity contribution in [2.45, 2.75) is 25.8 Å². The lowest BCUT2D eigenvalue weighted by atomic mass is 9.97. The van der Waals surface area contributed by atoms with Crippen LogP contribution in [-0.2, 0) is 6.42 Å². The number of rotatable bonds is 4. The van der Waals surface area contributed by atoms with Gasteiger partial charge in [-0.1, -0.05) is 66.2 Å². The molecule has 0 aliphatic carbocycles. The molecule has 0 aromatic heterocycles. The zero-order chi connectivity index (χ0) is 14.7. The summed E-state index contributed by atoms with van der Waals surface area (Å²) in [5, 5.41) is 2.53. The van der Waals surface area contributed by atoms with E-state index in [-0.39, 0.29) is 6.04 Å². The second-order valence-electron chi connectivity index (χ2n) is 5.74. The number of nitrogens with two attached hydrogens (primary N) is 1. The maximum Gasteiger partial charge on any atom is 0.0298 e. The van der Waals surface area contributed by atoms with Gasteiger partial charge in [0.15, 0.2) is 0 Å². The van der Waals surface area contributed by atoms with E-state index in [2.05, 4.69) is 73.7 Å². The van der Waals surface area contributed by atoms with Crippen molar-refractivity contribution in [2.75, 3.05) is 0 Å². The molecule has 0 bridgehead atoms. The van der Waals surface area contributed by atoms with Crippen LogP contribution in [0.4, 0.5) is 0 Å². The van der Waals surface area contributed by atoms with Gasteiger partial charge in [0.2, 0.25) is 0 Å². The molecule has 1 unspecified atom stereocenters. The first kappa shape index (κ1) is 13.8. The number of hydrogen-bond acceptors (Lipinski definition) is 1. The van der Waals surface area contributed by atoms with Crippen LogP contribution in [0, 0.1) is 6.92 Å². The highest BCUT2D eigenvalue weighted by molar-refractivity contribution is 5.83. The first-order valence-corrected chi connectivity index (χ1v) is 7.52. The largest absolute Gasteiger partial charge is 0.324 e. The number of benzene rings is 3. The Kier molecular flexibility index (Phi) is 4.03. The van der Waals surface area contributed by atoms with Crippen molar-refractivity contribution in [3.05, 3.63) is 83.4 Å². The summed E-state index contributed by atoms with van der Waals surface area (Å²) in [6.07, 6.45) is 2.00. The zero-order valence-corrected chi connectivity index (χ0v) is 12.4. The Hall–Kier alpha value is -2.12. The highest BCUT2D eigenvalue weighted by atomic mass is 14.6. The number of fused-ring (bicyclic) bond motifs is 1. The fourth-order valence-electron chi connectivity index (χ4n) is 2.68. The molecule has 21 heavy (non-hydrogen) atoms. The van der Waals surface area contributed by atoms with Crippen molar-refractivity contribution in [1.29, 1.82) is 0 Å². The molecule has 3 aromatic rings. The summed E-state index contributed by atoms with van der Waals surface area (Å²) in [4.78, 5) is 0. The molecule has 2 N–H and O–H groups in total. The third-order valence-electron chi connectivity index (χ3n) is 4.07. The summed E-state index contributed by atoms with van der Waals surface area (Å²) < 4.78 is 0. The van der Waals surface area contributed by atoms with E-state index in [0.717, 1.165) is 12.8 Å². The number of aryl methyl sites for hydroxylation is 2. The van der Waals surface area contributed by atoms with Crippen LogP contribution in [0.5, 0.6) is 0 Å². The lowest BCUT2D eigenvalue weighted by Crippen LogP contribution is -2.11. The summed E-state index contributed by atoms with van der Waals surface area (Å²) in [5.41, 5.74) is 10.2. The first-order valence-electron chi connectivity index (χ1n) is 7.52. The monoisotopic (exact) mass is 275 g/mol. The van der Waals surface area contributed by atoms with Crippen LogP contribution in [0.3, 0.4) is 0 Å². The SMILES string of the molecule is Cc1ccc(CCC(N)c2ccc3ccccc3c2)cc1. The van der Waals surface area contributed by atoms with E-state index < -0.39 is 0 Å². The third kappa shape index (κ3) is 3.32. The van der Waals surface area contributed by atoms with E-state index in [1.54, 1.807) is 0 Å². The molecule has 0 spiro atoms. The Labute approximate surface area is 126 Å². The zero-order valence-electron chi connectivity index (χ0n) is 12.4. The van der Waals surface area contributed by atoms with Gasteiger partial charge in [-0.2, -0.15) is 0 Å². The molecular formula is C20H21N. The average molecular weight is 275 g/mol. The van der Waals surface area contributed by atoms with Gasteiger partial charge in [0, 0.05) is 6.04 Å². The average Bonchev–Trinajstić information content (AvgIpc) is 2.53. The van der Waals surface area contributed by atoms with Gasteiger partial charge in [0.05, 0.1) is 0 Å². The predicted molar refractivity (Wildman–Crippen MR) is 90.4 cm³/mol. The van der Waals surface area contributed by atoms with E-state index in [9.17, 15) is 0 Å². The van der Waals surface area contributed by atoms with Crippen LogP contribution >= 0.6 is 0 Å². The summed E-state index contributed by atoms with van der Waals surface area (Å²) in [7, 11) is 0. The van der Waals surface area contributed by atoms with E-state index in [1.165, 1.54) is 27.5 Å². The van der Waals surface area contributed by atoms with E-state index in [4.69, 9.17) is 5.73 Å². The summed E-state index contributed by atoms with van der Waals surface area (Å²) in [5.74, 6) is 0. The highest BCUT2D eigenvalue weighted by Crippen LogP contribution is 2.22. The van der Waals surface area contributed by atoms with E-state index >= 15 is 0 Å². The summed E-state index contributed by atoms with van der Waals surface area (Å²) in [6.45, 7) is 2.12. The molecule has 1 nitrogen and oxygen atoms in total. The minimum absolute atomic E-state index is 0.0934. The normalized spacial score (nSPS) is 12.5. The Balaban J connectivity index is 1.71. The molecule has 3 aromatic carbocycles. The molecule has 0 saturated heterocycles. The smallest absolute Gasteiger partial charge is 0.0298 e. The standard InChI is InChI=1S/C20H21N/c1-15-6-8-16(9-7-15)10-13-20(21)19-12-11-17-4-2-3-5-18(17)14-19/h2-9,11-12,14,20H,10,13,21H2,1H3. The third-order valence-corrected chi connectivity index (χ3v) is 4.07. The molecule has 106 valence electrons. The molecular weight excluding hydrogens is 254 g/mol. The van der Waals surface area contributed by atoms with Crippen LogP contribution in [0.15, 0.2) is 66.7 Å². The lowest BCUT2D eigenvalue weighted by molar-refractivity contribution is 0.652. The van der Waals surface area contributed by atoms with Gasteiger partial charge in [0.25, 0.3) is 0 Å². The molecule has 0 fully saturated rings.